The number of nitrogens with two attached hydrogens (primary N) is 1. The second-order valence-corrected chi connectivity index (χ2v) is 3.78. The van der Waals surface area contributed by atoms with Crippen LogP contribution in [0.4, 0.5) is 5.95 Å². The zero-order chi connectivity index (χ0) is 10.7. The molecule has 0 bridgehead atoms. The first-order chi connectivity index (χ1) is 7.24. The minimum absolute atomic E-state index is 0.495. The van der Waals surface area contributed by atoms with E-state index in [1.165, 1.54) is 11.1 Å². The van der Waals surface area contributed by atoms with Crippen molar-refractivity contribution < 1.29 is 0 Å². The van der Waals surface area contributed by atoms with E-state index in [2.05, 4.69) is 41.2 Å². The summed E-state index contributed by atoms with van der Waals surface area (Å²) in [5.41, 5.74) is 9.25. The van der Waals surface area contributed by atoms with Gasteiger partial charge in [0.1, 0.15) is 0 Å². The maximum atomic E-state index is 5.51. The van der Waals surface area contributed by atoms with Gasteiger partial charge >= 0.3 is 0 Å². The standard InChI is InChI=1S/C12H15N3/c1-9-3-2-4-10(7-9)5-6-11-8-14-12(13)15-11/h2-4,7-8H,5-6H2,1H3,(H3,13,14,15). The number of aryl methyl sites for hydroxylation is 3. The zero-order valence-corrected chi connectivity index (χ0v) is 8.83. The van der Waals surface area contributed by atoms with Gasteiger partial charge < -0.3 is 10.7 Å². The van der Waals surface area contributed by atoms with Crippen LogP contribution in [0.1, 0.15) is 16.8 Å². The number of hydrogen-bond donors (Lipinski definition) is 2. The van der Waals surface area contributed by atoms with Crippen molar-refractivity contribution in [2.75, 3.05) is 5.73 Å². The average molecular weight is 201 g/mol. The van der Waals surface area contributed by atoms with Gasteiger partial charge in [-0.25, -0.2) is 4.98 Å². The summed E-state index contributed by atoms with van der Waals surface area (Å²) in [6.07, 6.45) is 3.77. The summed E-state index contributed by atoms with van der Waals surface area (Å²) in [6, 6.07) is 8.55. The zero-order valence-electron chi connectivity index (χ0n) is 8.83. The van der Waals surface area contributed by atoms with E-state index in [1.807, 2.05) is 0 Å². The minimum atomic E-state index is 0.495. The Kier molecular flexibility index (Phi) is 2.72. The van der Waals surface area contributed by atoms with Crippen LogP contribution in [0.25, 0.3) is 0 Å². The van der Waals surface area contributed by atoms with E-state index in [9.17, 15) is 0 Å². The van der Waals surface area contributed by atoms with Crippen LogP contribution in [0, 0.1) is 6.92 Å². The van der Waals surface area contributed by atoms with Gasteiger partial charge in [0, 0.05) is 5.69 Å². The fraction of sp³-hybridized carbons (Fsp3) is 0.250. The van der Waals surface area contributed by atoms with Crippen LogP contribution in [0.2, 0.25) is 0 Å². The highest BCUT2D eigenvalue weighted by atomic mass is 15.0. The topological polar surface area (TPSA) is 54.7 Å². The van der Waals surface area contributed by atoms with Gasteiger partial charge in [0.2, 0.25) is 0 Å². The smallest absolute Gasteiger partial charge is 0.197 e. The molecule has 78 valence electrons. The number of nitrogens with one attached hydrogen (secondary N) is 1. The number of aromatic nitrogens is 2. The van der Waals surface area contributed by atoms with Gasteiger partial charge in [-0.15, -0.1) is 0 Å². The summed E-state index contributed by atoms with van der Waals surface area (Å²) >= 11 is 0. The van der Waals surface area contributed by atoms with E-state index < -0.39 is 0 Å². The van der Waals surface area contributed by atoms with Crippen molar-refractivity contribution >= 4 is 5.95 Å². The number of rotatable bonds is 3. The molecule has 1 heterocycles. The normalized spacial score (nSPS) is 10.5. The number of anilines is 1. The van der Waals surface area contributed by atoms with E-state index in [-0.39, 0.29) is 0 Å². The summed E-state index contributed by atoms with van der Waals surface area (Å²) in [5, 5.41) is 0. The highest BCUT2D eigenvalue weighted by molar-refractivity contribution is 5.24. The van der Waals surface area contributed by atoms with E-state index in [4.69, 9.17) is 5.73 Å². The maximum absolute atomic E-state index is 5.51. The predicted molar refractivity (Wildman–Crippen MR) is 61.6 cm³/mol. The average Bonchev–Trinajstić information content (AvgIpc) is 2.62. The number of aromatic amines is 1. The lowest BCUT2D eigenvalue weighted by Gasteiger charge is -2.00. The molecular weight excluding hydrogens is 186 g/mol. The molecule has 0 spiro atoms. The first kappa shape index (κ1) is 9.77. The highest BCUT2D eigenvalue weighted by Gasteiger charge is 1.98. The van der Waals surface area contributed by atoms with Gasteiger partial charge in [0.15, 0.2) is 5.95 Å². The molecular formula is C12H15N3. The second kappa shape index (κ2) is 4.17. The largest absolute Gasteiger partial charge is 0.369 e. The van der Waals surface area contributed by atoms with Crippen LogP contribution in [-0.4, -0.2) is 9.97 Å². The Morgan fingerprint density at radius 3 is 2.87 bits per heavy atom. The summed E-state index contributed by atoms with van der Waals surface area (Å²) in [7, 11) is 0. The van der Waals surface area contributed by atoms with Crippen molar-refractivity contribution in [3.8, 4) is 0 Å². The number of imidazole rings is 1. The van der Waals surface area contributed by atoms with Gasteiger partial charge in [-0.2, -0.15) is 0 Å². The summed E-state index contributed by atoms with van der Waals surface area (Å²) in [5.74, 6) is 0.495. The molecule has 0 aliphatic rings. The van der Waals surface area contributed by atoms with Crippen molar-refractivity contribution in [3.05, 3.63) is 47.3 Å². The summed E-state index contributed by atoms with van der Waals surface area (Å²) < 4.78 is 0. The van der Waals surface area contributed by atoms with Crippen molar-refractivity contribution in [2.24, 2.45) is 0 Å². The lowest BCUT2D eigenvalue weighted by atomic mass is 10.1. The molecule has 0 saturated carbocycles. The first-order valence-electron chi connectivity index (χ1n) is 5.09. The van der Waals surface area contributed by atoms with E-state index in [0.717, 1.165) is 18.5 Å². The monoisotopic (exact) mass is 201 g/mol. The maximum Gasteiger partial charge on any atom is 0.197 e. The van der Waals surface area contributed by atoms with Crippen LogP contribution in [0.5, 0.6) is 0 Å². The minimum Gasteiger partial charge on any atom is -0.369 e. The number of benzene rings is 1. The molecule has 0 fully saturated rings. The van der Waals surface area contributed by atoms with Crippen molar-refractivity contribution in [1.82, 2.24) is 9.97 Å². The van der Waals surface area contributed by atoms with Crippen LogP contribution < -0.4 is 5.73 Å². The lowest BCUT2D eigenvalue weighted by Crippen LogP contribution is -1.93. The molecule has 0 unspecified atom stereocenters. The predicted octanol–water partition coefficient (Wildman–Crippen LogP) is 2.09. The molecule has 1 aromatic heterocycles. The summed E-state index contributed by atoms with van der Waals surface area (Å²) in [6.45, 7) is 2.11. The SMILES string of the molecule is Cc1cccc(CCc2cnc(N)[nH]2)c1. The Balaban J connectivity index is 1.99. The second-order valence-electron chi connectivity index (χ2n) is 3.78. The molecule has 2 aromatic rings. The first-order valence-corrected chi connectivity index (χ1v) is 5.09. The van der Waals surface area contributed by atoms with Gasteiger partial charge in [-0.05, 0) is 25.3 Å². The molecule has 1 aromatic carbocycles. The van der Waals surface area contributed by atoms with Crippen molar-refractivity contribution in [1.29, 1.82) is 0 Å². The van der Waals surface area contributed by atoms with Gasteiger partial charge in [-0.3, -0.25) is 0 Å². The highest BCUT2D eigenvalue weighted by Crippen LogP contribution is 2.08. The van der Waals surface area contributed by atoms with Crippen LogP contribution in [-0.2, 0) is 12.8 Å². The van der Waals surface area contributed by atoms with Crippen LogP contribution in [0.3, 0.4) is 0 Å². The Morgan fingerprint density at radius 1 is 1.33 bits per heavy atom. The molecule has 3 N–H and O–H groups in total. The molecule has 15 heavy (non-hydrogen) atoms. The van der Waals surface area contributed by atoms with Gasteiger partial charge in [-0.1, -0.05) is 29.8 Å². The van der Waals surface area contributed by atoms with Crippen LogP contribution >= 0.6 is 0 Å². The lowest BCUT2D eigenvalue weighted by molar-refractivity contribution is 0.925. The molecule has 3 nitrogen and oxygen atoms in total. The molecule has 0 radical (unpaired) electrons. The quantitative estimate of drug-likeness (QED) is 0.798. The number of H-pyrrole nitrogens is 1. The third kappa shape index (κ3) is 2.59. The Hall–Kier alpha value is -1.77. The number of nitrogens with zero attached hydrogens (tertiary/aromatic N) is 1. The molecule has 3 heteroatoms. The Labute approximate surface area is 89.4 Å². The third-order valence-electron chi connectivity index (χ3n) is 2.41. The molecule has 0 aliphatic heterocycles. The van der Waals surface area contributed by atoms with Crippen molar-refractivity contribution in [2.45, 2.75) is 19.8 Å². The number of nitrogen functional groups attached to an aromatic ring is 1. The third-order valence-corrected chi connectivity index (χ3v) is 2.41. The van der Waals surface area contributed by atoms with Gasteiger partial charge in [0.05, 0.1) is 6.20 Å². The summed E-state index contributed by atoms with van der Waals surface area (Å²) in [4.78, 5) is 7.00. The fourth-order valence-electron chi connectivity index (χ4n) is 1.65. The Morgan fingerprint density at radius 2 is 2.20 bits per heavy atom. The molecule has 0 aliphatic carbocycles. The molecule has 0 amide bonds. The van der Waals surface area contributed by atoms with E-state index >= 15 is 0 Å². The van der Waals surface area contributed by atoms with Crippen LogP contribution in [0.15, 0.2) is 30.5 Å². The van der Waals surface area contributed by atoms with E-state index in [0.29, 0.717) is 5.95 Å². The fourth-order valence-corrected chi connectivity index (χ4v) is 1.65. The van der Waals surface area contributed by atoms with E-state index in [1.54, 1.807) is 6.20 Å². The molecule has 0 atom stereocenters. The molecule has 0 saturated heterocycles. The molecule has 2 rings (SSSR count). The number of hydrogen-bond acceptors (Lipinski definition) is 2. The van der Waals surface area contributed by atoms with Crippen molar-refractivity contribution in [3.63, 3.8) is 0 Å². The van der Waals surface area contributed by atoms with Gasteiger partial charge in [0.25, 0.3) is 0 Å². The Bertz CT molecular complexity index is 446.